The molecule has 1 aliphatic carbocycles. The summed E-state index contributed by atoms with van der Waals surface area (Å²) in [6.45, 7) is 0. The van der Waals surface area contributed by atoms with Crippen LogP contribution in [-0.4, -0.2) is 35.9 Å². The molecule has 12 heteroatoms. The van der Waals surface area contributed by atoms with E-state index in [1.807, 2.05) is 6.07 Å². The van der Waals surface area contributed by atoms with Crippen LogP contribution in [0.2, 0.25) is 0 Å². The van der Waals surface area contributed by atoms with Gasteiger partial charge in [-0.1, -0.05) is 0 Å². The third kappa shape index (κ3) is 4.14. The number of carbonyl (C=O) groups excluding carboxylic acids is 1. The number of sulfonamides is 1. The number of aromatic nitrogens is 1. The van der Waals surface area contributed by atoms with Gasteiger partial charge in [-0.3, -0.25) is 9.52 Å². The van der Waals surface area contributed by atoms with E-state index in [4.69, 9.17) is 10.4 Å². The third-order valence-corrected chi connectivity index (χ3v) is 5.40. The number of carbonyl (C=O) groups is 2. The molecule has 1 aliphatic rings. The third-order valence-electron chi connectivity index (χ3n) is 4.12. The molecule has 1 saturated carbocycles. The highest BCUT2D eigenvalue weighted by Gasteiger charge is 2.44. The summed E-state index contributed by atoms with van der Waals surface area (Å²) in [5.41, 5.74) is -2.66. The van der Waals surface area contributed by atoms with Gasteiger partial charge in [-0.2, -0.15) is 13.7 Å². The fourth-order valence-corrected chi connectivity index (χ4v) is 3.33. The van der Waals surface area contributed by atoms with Crippen LogP contribution in [0.15, 0.2) is 35.5 Å². The number of carboxylic acids is 1. The van der Waals surface area contributed by atoms with Crippen molar-refractivity contribution >= 4 is 27.6 Å². The summed E-state index contributed by atoms with van der Waals surface area (Å²) < 4.78 is 54.1. The number of anilines is 1. The maximum Gasteiger partial charge on any atom is 0.338 e. The molecule has 3 N–H and O–H groups in total. The lowest BCUT2D eigenvalue weighted by Gasteiger charge is -2.11. The molecule has 0 radical (unpaired) electrons. The molecule has 9 nitrogen and oxygen atoms in total. The first kappa shape index (κ1) is 20.2. The normalized spacial score (nSPS) is 14.5. The molecule has 1 aromatic carbocycles. The lowest BCUT2D eigenvalue weighted by Crippen LogP contribution is -2.35. The van der Waals surface area contributed by atoms with Gasteiger partial charge in [0.05, 0.1) is 22.9 Å². The van der Waals surface area contributed by atoms with E-state index in [-0.39, 0.29) is 5.56 Å². The number of nitrogens with zero attached hydrogens (tertiary/aromatic N) is 2. The Morgan fingerprint density at radius 2 is 1.90 bits per heavy atom. The van der Waals surface area contributed by atoms with Crippen LogP contribution in [0, 0.1) is 23.0 Å². The number of nitriles is 1. The smallest absolute Gasteiger partial charge is 0.338 e. The second-order valence-electron chi connectivity index (χ2n) is 6.26. The Kier molecular flexibility index (Phi) is 4.93. The van der Waals surface area contributed by atoms with Crippen LogP contribution >= 0.6 is 0 Å². The number of carboxylic acid groups (broad SMARTS) is 1. The summed E-state index contributed by atoms with van der Waals surface area (Å²) >= 11 is 0. The minimum atomic E-state index is -4.45. The highest BCUT2D eigenvalue weighted by Crippen LogP contribution is 2.34. The van der Waals surface area contributed by atoms with Gasteiger partial charge in [-0.05, 0) is 31.0 Å². The van der Waals surface area contributed by atoms with Gasteiger partial charge in [-0.25, -0.2) is 18.6 Å². The van der Waals surface area contributed by atoms with Crippen LogP contribution in [0.1, 0.15) is 33.6 Å². The molecule has 1 aromatic heterocycles. The summed E-state index contributed by atoms with van der Waals surface area (Å²) in [4.78, 5) is 26.5. The largest absolute Gasteiger partial charge is 0.478 e. The fraction of sp³-hybridized carbons (Fsp3) is 0.176. The number of aromatic carboxylic acids is 1. The zero-order valence-electron chi connectivity index (χ0n) is 14.4. The fourth-order valence-electron chi connectivity index (χ4n) is 2.34. The zero-order chi connectivity index (χ0) is 21.4. The molecule has 1 heterocycles. The molecule has 150 valence electrons. The summed E-state index contributed by atoms with van der Waals surface area (Å²) in [5.74, 6) is -4.95. The van der Waals surface area contributed by atoms with E-state index in [0.29, 0.717) is 25.0 Å². The van der Waals surface area contributed by atoms with Crippen LogP contribution in [0.25, 0.3) is 0 Å². The first-order chi connectivity index (χ1) is 13.6. The lowest BCUT2D eigenvalue weighted by atomic mass is 10.2. The monoisotopic (exact) mass is 422 g/mol. The molecule has 1 fully saturated rings. The topological polar surface area (TPSA) is 149 Å². The van der Waals surface area contributed by atoms with Crippen molar-refractivity contribution in [3.8, 4) is 6.07 Å². The van der Waals surface area contributed by atoms with E-state index in [1.165, 1.54) is 0 Å². The predicted molar refractivity (Wildman–Crippen MR) is 93.4 cm³/mol. The molecule has 1 amide bonds. The molecular weight excluding hydrogens is 410 g/mol. The molecule has 0 spiro atoms. The van der Waals surface area contributed by atoms with Gasteiger partial charge in [0.25, 0.3) is 15.9 Å². The zero-order valence-corrected chi connectivity index (χ0v) is 15.3. The van der Waals surface area contributed by atoms with Gasteiger partial charge in [-0.15, -0.1) is 0 Å². The number of pyridine rings is 1. The van der Waals surface area contributed by atoms with Crippen LogP contribution in [-0.2, 0) is 10.0 Å². The minimum Gasteiger partial charge on any atom is -0.478 e. The molecule has 3 rings (SSSR count). The van der Waals surface area contributed by atoms with Crippen LogP contribution in [0.5, 0.6) is 0 Å². The van der Waals surface area contributed by atoms with Crippen molar-refractivity contribution < 1.29 is 31.9 Å². The highest BCUT2D eigenvalue weighted by molar-refractivity contribution is 7.92. The van der Waals surface area contributed by atoms with Crippen molar-refractivity contribution in [1.82, 2.24) is 10.3 Å². The van der Waals surface area contributed by atoms with Crippen LogP contribution < -0.4 is 10.0 Å². The second kappa shape index (κ2) is 7.10. The Bertz CT molecular complexity index is 1160. The summed E-state index contributed by atoms with van der Waals surface area (Å²) in [5, 5.41) is 19.7. The quantitative estimate of drug-likeness (QED) is 0.641. The molecule has 0 unspecified atom stereocenters. The number of halogens is 2. The highest BCUT2D eigenvalue weighted by atomic mass is 32.2. The maximum absolute atomic E-state index is 13.9. The number of rotatable bonds is 6. The van der Waals surface area contributed by atoms with E-state index in [0.717, 1.165) is 18.3 Å². The Morgan fingerprint density at radius 3 is 2.41 bits per heavy atom. The van der Waals surface area contributed by atoms with E-state index in [2.05, 4.69) is 10.3 Å². The van der Waals surface area contributed by atoms with Crippen molar-refractivity contribution in [2.24, 2.45) is 0 Å². The lowest BCUT2D eigenvalue weighted by molar-refractivity contribution is 0.0691. The summed E-state index contributed by atoms with van der Waals surface area (Å²) in [6.07, 6.45) is 1.99. The first-order valence-corrected chi connectivity index (χ1v) is 9.50. The van der Waals surface area contributed by atoms with Gasteiger partial charge in [0.1, 0.15) is 17.2 Å². The number of amides is 1. The van der Waals surface area contributed by atoms with Gasteiger partial charge >= 0.3 is 5.97 Å². The molecule has 0 atom stereocenters. The molecule has 0 bridgehead atoms. The average molecular weight is 422 g/mol. The summed E-state index contributed by atoms with van der Waals surface area (Å²) in [7, 11) is -4.45. The van der Waals surface area contributed by atoms with Crippen molar-refractivity contribution in [3.63, 3.8) is 0 Å². The predicted octanol–water partition coefficient (Wildman–Crippen LogP) is 1.64. The van der Waals surface area contributed by atoms with Gasteiger partial charge in [0.15, 0.2) is 5.03 Å². The van der Waals surface area contributed by atoms with E-state index in [9.17, 15) is 26.8 Å². The van der Waals surface area contributed by atoms with Gasteiger partial charge in [0.2, 0.25) is 0 Å². The van der Waals surface area contributed by atoms with E-state index in [1.54, 1.807) is 4.72 Å². The van der Waals surface area contributed by atoms with Gasteiger partial charge < -0.3 is 10.4 Å². The van der Waals surface area contributed by atoms with E-state index >= 15 is 0 Å². The summed E-state index contributed by atoms with van der Waals surface area (Å²) in [6, 6.07) is 4.84. The Morgan fingerprint density at radius 1 is 1.21 bits per heavy atom. The Labute approximate surface area is 163 Å². The number of benzene rings is 1. The molecule has 0 aliphatic heterocycles. The number of hydrogen-bond donors (Lipinski definition) is 3. The molecule has 2 aromatic rings. The standard InChI is InChI=1S/C17H12F2N4O5S/c18-11-6-13(12(19)5-10(11)16(25)26)23-29(27,28)14-2-1-9(7-21-14)15(24)22-17(8-20)3-4-17/h1-2,5-7,23H,3-4H2,(H,22,24)(H,25,26). The SMILES string of the molecule is N#CC1(NC(=O)c2ccc(S(=O)(=O)Nc3cc(F)c(C(=O)O)cc3F)nc2)CC1. The van der Waals surface area contributed by atoms with E-state index < -0.39 is 55.3 Å². The van der Waals surface area contributed by atoms with Crippen molar-refractivity contribution in [3.05, 3.63) is 53.2 Å². The average Bonchev–Trinajstić information content (AvgIpc) is 3.44. The Hall–Kier alpha value is -3.59. The van der Waals surface area contributed by atoms with Crippen LogP contribution in [0.4, 0.5) is 14.5 Å². The van der Waals surface area contributed by atoms with Crippen molar-refractivity contribution in [2.75, 3.05) is 4.72 Å². The van der Waals surface area contributed by atoms with Crippen molar-refractivity contribution in [2.45, 2.75) is 23.4 Å². The molecule has 0 saturated heterocycles. The maximum atomic E-state index is 13.9. The number of nitrogens with one attached hydrogen (secondary N) is 2. The molecule has 29 heavy (non-hydrogen) atoms. The van der Waals surface area contributed by atoms with Crippen molar-refractivity contribution in [1.29, 1.82) is 5.26 Å². The first-order valence-electron chi connectivity index (χ1n) is 8.02. The Balaban J connectivity index is 1.80. The molecular formula is C17H12F2N4O5S. The number of hydrogen-bond acceptors (Lipinski definition) is 6. The minimum absolute atomic E-state index is 0.00788. The van der Waals surface area contributed by atoms with Gasteiger partial charge in [0, 0.05) is 12.3 Å². The second-order valence-corrected chi connectivity index (χ2v) is 7.88. The van der Waals surface area contributed by atoms with Crippen LogP contribution in [0.3, 0.4) is 0 Å².